The van der Waals surface area contributed by atoms with Gasteiger partial charge in [0, 0.05) is 37.7 Å². The smallest absolute Gasteiger partial charge is 0.242 e. The number of aromatic hydroxyl groups is 1. The monoisotopic (exact) mass is 315 g/mol. The summed E-state index contributed by atoms with van der Waals surface area (Å²) >= 11 is 0. The lowest BCUT2D eigenvalue weighted by atomic mass is 10.1. The summed E-state index contributed by atoms with van der Waals surface area (Å²) in [6, 6.07) is 7.11. The van der Waals surface area contributed by atoms with Crippen molar-refractivity contribution in [1.29, 1.82) is 0 Å². The third kappa shape index (κ3) is 4.10. The number of imidazole rings is 1. The first-order valence-electron chi connectivity index (χ1n) is 7.84. The Labute approximate surface area is 135 Å². The quantitative estimate of drug-likeness (QED) is 0.882. The van der Waals surface area contributed by atoms with Crippen LogP contribution < -0.4 is 0 Å². The first kappa shape index (κ1) is 15.6. The number of hydrogen-bond donors (Lipinski definition) is 1. The number of benzene rings is 1. The predicted octanol–water partition coefficient (Wildman–Crippen LogP) is 1.80. The van der Waals surface area contributed by atoms with Crippen molar-refractivity contribution in [2.75, 3.05) is 13.2 Å². The van der Waals surface area contributed by atoms with Crippen LogP contribution >= 0.6 is 0 Å². The van der Waals surface area contributed by atoms with Crippen molar-refractivity contribution in [3.63, 3.8) is 0 Å². The summed E-state index contributed by atoms with van der Waals surface area (Å²) in [6.07, 6.45) is 7.12. The minimum atomic E-state index is -0.0123. The second kappa shape index (κ2) is 7.28. The van der Waals surface area contributed by atoms with Crippen LogP contribution in [0.1, 0.15) is 18.4 Å². The van der Waals surface area contributed by atoms with Gasteiger partial charge in [0.05, 0.1) is 12.4 Å². The number of carbonyl (C=O) groups is 1. The van der Waals surface area contributed by atoms with E-state index in [0.29, 0.717) is 13.1 Å². The molecule has 23 heavy (non-hydrogen) atoms. The molecule has 1 aromatic heterocycles. The normalized spacial score (nSPS) is 17.3. The molecule has 0 spiro atoms. The molecule has 0 unspecified atom stereocenters. The van der Waals surface area contributed by atoms with Crippen molar-refractivity contribution in [3.05, 3.63) is 48.5 Å². The zero-order valence-corrected chi connectivity index (χ0v) is 13.0. The Balaban J connectivity index is 1.72. The SMILES string of the molecule is O=C(Cn1ccnc1)N(Cc1ccccc1O)C[C@@H]1CCCO1. The molecule has 1 atom stereocenters. The first-order valence-corrected chi connectivity index (χ1v) is 7.84. The zero-order chi connectivity index (χ0) is 16.1. The minimum Gasteiger partial charge on any atom is -0.508 e. The van der Waals surface area contributed by atoms with Crippen molar-refractivity contribution in [2.45, 2.75) is 32.0 Å². The third-order valence-corrected chi connectivity index (χ3v) is 4.03. The van der Waals surface area contributed by atoms with Crippen LogP contribution in [-0.4, -0.2) is 44.7 Å². The van der Waals surface area contributed by atoms with E-state index in [2.05, 4.69) is 4.98 Å². The van der Waals surface area contributed by atoms with Gasteiger partial charge < -0.3 is 19.3 Å². The fourth-order valence-electron chi connectivity index (χ4n) is 2.78. The second-order valence-corrected chi connectivity index (χ2v) is 5.77. The molecule has 3 rings (SSSR count). The molecule has 1 aromatic carbocycles. The highest BCUT2D eigenvalue weighted by molar-refractivity contribution is 5.76. The molecule has 122 valence electrons. The number of nitrogens with zero attached hydrogens (tertiary/aromatic N) is 3. The Kier molecular flexibility index (Phi) is 4.92. The van der Waals surface area contributed by atoms with Crippen LogP contribution in [0.3, 0.4) is 0 Å². The van der Waals surface area contributed by atoms with Gasteiger partial charge in [0.2, 0.25) is 5.91 Å². The molecule has 1 amide bonds. The Bertz CT molecular complexity index is 636. The van der Waals surface area contributed by atoms with Gasteiger partial charge in [0.15, 0.2) is 0 Å². The number of ether oxygens (including phenoxy) is 1. The highest BCUT2D eigenvalue weighted by Gasteiger charge is 2.23. The highest BCUT2D eigenvalue weighted by atomic mass is 16.5. The van der Waals surface area contributed by atoms with Gasteiger partial charge in [-0.05, 0) is 18.9 Å². The number of amides is 1. The Hall–Kier alpha value is -2.34. The van der Waals surface area contributed by atoms with Crippen molar-refractivity contribution in [3.8, 4) is 5.75 Å². The molecule has 1 fully saturated rings. The zero-order valence-electron chi connectivity index (χ0n) is 13.0. The van der Waals surface area contributed by atoms with Crippen LogP contribution in [0.25, 0.3) is 0 Å². The molecular formula is C17H21N3O3. The Morgan fingerprint density at radius 1 is 1.43 bits per heavy atom. The van der Waals surface area contributed by atoms with E-state index in [4.69, 9.17) is 4.74 Å². The summed E-state index contributed by atoms with van der Waals surface area (Å²) in [6.45, 7) is 1.91. The maximum Gasteiger partial charge on any atom is 0.242 e. The summed E-state index contributed by atoms with van der Waals surface area (Å²) in [5.74, 6) is 0.196. The van der Waals surface area contributed by atoms with Gasteiger partial charge in [-0.15, -0.1) is 0 Å². The summed E-state index contributed by atoms with van der Waals surface area (Å²) in [7, 11) is 0. The van der Waals surface area contributed by atoms with Crippen LogP contribution in [0, 0.1) is 0 Å². The molecule has 1 N–H and O–H groups in total. The molecule has 1 aliphatic heterocycles. The molecule has 0 bridgehead atoms. The summed E-state index contributed by atoms with van der Waals surface area (Å²) in [5, 5.41) is 9.97. The van der Waals surface area contributed by atoms with Gasteiger partial charge in [-0.1, -0.05) is 18.2 Å². The third-order valence-electron chi connectivity index (χ3n) is 4.03. The fraction of sp³-hybridized carbons (Fsp3) is 0.412. The molecule has 0 radical (unpaired) electrons. The summed E-state index contributed by atoms with van der Waals surface area (Å²) in [4.78, 5) is 18.4. The van der Waals surface area contributed by atoms with Crippen LogP contribution in [-0.2, 0) is 22.6 Å². The van der Waals surface area contributed by atoms with E-state index in [1.165, 1.54) is 0 Å². The van der Waals surface area contributed by atoms with E-state index in [1.807, 2.05) is 12.1 Å². The highest BCUT2D eigenvalue weighted by Crippen LogP contribution is 2.20. The number of aromatic nitrogens is 2. The molecular weight excluding hydrogens is 294 g/mol. The van der Waals surface area contributed by atoms with Crippen LogP contribution in [0.5, 0.6) is 5.75 Å². The number of para-hydroxylation sites is 1. The maximum atomic E-state index is 12.7. The lowest BCUT2D eigenvalue weighted by Crippen LogP contribution is -2.38. The molecule has 1 saturated heterocycles. The van der Waals surface area contributed by atoms with Gasteiger partial charge in [-0.3, -0.25) is 4.79 Å². The molecule has 0 saturated carbocycles. The van der Waals surface area contributed by atoms with Crippen molar-refractivity contribution in [2.24, 2.45) is 0 Å². The molecule has 1 aliphatic rings. The van der Waals surface area contributed by atoms with E-state index >= 15 is 0 Å². The molecule has 2 heterocycles. The van der Waals surface area contributed by atoms with Crippen molar-refractivity contribution >= 4 is 5.91 Å². The van der Waals surface area contributed by atoms with Crippen molar-refractivity contribution < 1.29 is 14.6 Å². The van der Waals surface area contributed by atoms with Gasteiger partial charge >= 0.3 is 0 Å². The number of rotatable bonds is 6. The summed E-state index contributed by atoms with van der Waals surface area (Å²) in [5.41, 5.74) is 0.740. The van der Waals surface area contributed by atoms with E-state index in [-0.39, 0.29) is 24.3 Å². The van der Waals surface area contributed by atoms with Gasteiger partial charge in [0.25, 0.3) is 0 Å². The number of hydrogen-bond acceptors (Lipinski definition) is 4. The molecule has 6 nitrogen and oxygen atoms in total. The van der Waals surface area contributed by atoms with Crippen LogP contribution in [0.4, 0.5) is 0 Å². The minimum absolute atomic E-state index is 0.0123. The van der Waals surface area contributed by atoms with Crippen LogP contribution in [0.2, 0.25) is 0 Å². The lowest BCUT2D eigenvalue weighted by Gasteiger charge is -2.26. The number of carbonyl (C=O) groups excluding carboxylic acids is 1. The lowest BCUT2D eigenvalue weighted by molar-refractivity contribution is -0.134. The topological polar surface area (TPSA) is 67.6 Å². The number of phenolic OH excluding ortho intramolecular Hbond substituents is 1. The van der Waals surface area contributed by atoms with Crippen LogP contribution in [0.15, 0.2) is 43.0 Å². The second-order valence-electron chi connectivity index (χ2n) is 5.77. The van der Waals surface area contributed by atoms with Crippen molar-refractivity contribution in [1.82, 2.24) is 14.5 Å². The molecule has 0 aliphatic carbocycles. The standard InChI is InChI=1S/C17H21N3O3/c21-16-6-2-1-4-14(16)10-20(11-15-5-3-9-23-15)17(22)12-19-8-7-18-13-19/h1-2,4,6-8,13,15,21H,3,5,9-12H2/t15-/m0/s1. The predicted molar refractivity (Wildman–Crippen MR) is 84.7 cm³/mol. The fourth-order valence-corrected chi connectivity index (χ4v) is 2.78. The average molecular weight is 315 g/mol. The first-order chi connectivity index (χ1) is 11.2. The van der Waals surface area contributed by atoms with Gasteiger partial charge in [-0.2, -0.15) is 0 Å². The maximum absolute atomic E-state index is 12.7. The van der Waals surface area contributed by atoms with E-state index in [9.17, 15) is 9.90 Å². The molecule has 2 aromatic rings. The largest absolute Gasteiger partial charge is 0.508 e. The Morgan fingerprint density at radius 3 is 3.00 bits per heavy atom. The summed E-state index contributed by atoms with van der Waals surface area (Å²) < 4.78 is 7.41. The average Bonchev–Trinajstić information content (AvgIpc) is 3.22. The number of phenols is 1. The van der Waals surface area contributed by atoms with Gasteiger partial charge in [0.1, 0.15) is 12.3 Å². The Morgan fingerprint density at radius 2 is 2.30 bits per heavy atom. The van der Waals surface area contributed by atoms with Gasteiger partial charge in [-0.25, -0.2) is 4.98 Å². The van der Waals surface area contributed by atoms with E-state index < -0.39 is 0 Å². The van der Waals surface area contributed by atoms with E-state index in [1.54, 1.807) is 40.3 Å². The molecule has 6 heteroatoms. The van der Waals surface area contributed by atoms with E-state index in [0.717, 1.165) is 25.0 Å².